The molecule has 5 nitrogen and oxygen atoms in total. The minimum absolute atomic E-state index is 0.346. The normalized spacial score (nSPS) is 27.0. The Morgan fingerprint density at radius 1 is 1.45 bits per heavy atom. The third kappa shape index (κ3) is 3.38. The number of ether oxygens (including phenoxy) is 2. The van der Waals surface area contributed by atoms with Crippen molar-refractivity contribution in [3.8, 4) is 5.75 Å². The van der Waals surface area contributed by atoms with Crippen molar-refractivity contribution in [1.82, 2.24) is 10.6 Å². The molecule has 2 N–H and O–H groups in total. The van der Waals surface area contributed by atoms with Gasteiger partial charge in [-0.3, -0.25) is 4.99 Å². The average Bonchev–Trinajstić information content (AvgIpc) is 3.14. The Hall–Kier alpha value is -1.27. The lowest BCUT2D eigenvalue weighted by molar-refractivity contribution is 0.0992. The highest BCUT2D eigenvalue weighted by molar-refractivity contribution is 9.10. The van der Waals surface area contributed by atoms with Gasteiger partial charge in [0.05, 0.1) is 29.8 Å². The molecular formula is C16H22BrN3O2. The quantitative estimate of drug-likeness (QED) is 0.633. The van der Waals surface area contributed by atoms with Crippen molar-refractivity contribution in [3.05, 3.63) is 28.2 Å². The smallest absolute Gasteiger partial charge is 0.191 e. The molecule has 6 heteroatoms. The van der Waals surface area contributed by atoms with Gasteiger partial charge in [0.25, 0.3) is 0 Å². The third-order valence-electron chi connectivity index (χ3n) is 4.33. The predicted octanol–water partition coefficient (Wildman–Crippen LogP) is 2.44. The lowest BCUT2D eigenvalue weighted by atomic mass is 9.96. The molecule has 0 aromatic heterocycles. The fourth-order valence-corrected chi connectivity index (χ4v) is 3.75. The number of guanidine groups is 1. The highest BCUT2D eigenvalue weighted by atomic mass is 79.9. The average molecular weight is 368 g/mol. The molecule has 0 amide bonds. The number of fused-ring (bicyclic) bond motifs is 2. The van der Waals surface area contributed by atoms with Gasteiger partial charge in [-0.1, -0.05) is 6.07 Å². The highest BCUT2D eigenvalue weighted by Gasteiger charge is 2.41. The number of nitrogens with one attached hydrogen (secondary N) is 2. The SMILES string of the molecule is CN=C(NCc1ccc(OC)c(Br)c1)NC1CC2CCC1O2. The highest BCUT2D eigenvalue weighted by Crippen LogP contribution is 2.34. The topological polar surface area (TPSA) is 54.9 Å². The Balaban J connectivity index is 1.54. The van der Waals surface area contributed by atoms with Gasteiger partial charge >= 0.3 is 0 Å². The molecule has 22 heavy (non-hydrogen) atoms. The predicted molar refractivity (Wildman–Crippen MR) is 90.3 cm³/mol. The van der Waals surface area contributed by atoms with E-state index in [4.69, 9.17) is 9.47 Å². The molecule has 1 aromatic rings. The van der Waals surface area contributed by atoms with E-state index < -0.39 is 0 Å². The molecular weight excluding hydrogens is 346 g/mol. The van der Waals surface area contributed by atoms with Crippen molar-refractivity contribution in [1.29, 1.82) is 0 Å². The Morgan fingerprint density at radius 2 is 2.32 bits per heavy atom. The minimum Gasteiger partial charge on any atom is -0.496 e. The van der Waals surface area contributed by atoms with Gasteiger partial charge < -0.3 is 20.1 Å². The number of hydrogen-bond donors (Lipinski definition) is 2. The zero-order chi connectivity index (χ0) is 15.5. The first-order chi connectivity index (χ1) is 10.7. The fourth-order valence-electron chi connectivity index (χ4n) is 3.17. The minimum atomic E-state index is 0.346. The standard InChI is InChI=1S/C16H22BrN3O2/c1-18-16(20-13-8-11-4-6-15(13)22-11)19-9-10-3-5-14(21-2)12(17)7-10/h3,5,7,11,13,15H,4,6,8-9H2,1-2H3,(H2,18,19,20). The van der Waals surface area contributed by atoms with E-state index in [9.17, 15) is 0 Å². The number of rotatable bonds is 4. The fraction of sp³-hybridized carbons (Fsp3) is 0.562. The molecule has 120 valence electrons. The molecule has 1 aromatic carbocycles. The number of nitrogens with zero attached hydrogens (tertiary/aromatic N) is 1. The van der Waals surface area contributed by atoms with Crippen LogP contribution in [0.3, 0.4) is 0 Å². The van der Waals surface area contributed by atoms with Gasteiger partial charge in [-0.2, -0.15) is 0 Å². The Morgan fingerprint density at radius 3 is 2.91 bits per heavy atom. The van der Waals surface area contributed by atoms with Gasteiger partial charge in [0.15, 0.2) is 5.96 Å². The van der Waals surface area contributed by atoms with Crippen LogP contribution in [0.15, 0.2) is 27.7 Å². The molecule has 0 radical (unpaired) electrons. The van der Waals surface area contributed by atoms with Crippen LogP contribution in [0.5, 0.6) is 5.75 Å². The Bertz CT molecular complexity index is 564. The van der Waals surface area contributed by atoms with E-state index in [1.807, 2.05) is 12.1 Å². The summed E-state index contributed by atoms with van der Waals surface area (Å²) in [6.45, 7) is 0.712. The summed E-state index contributed by atoms with van der Waals surface area (Å²) in [6, 6.07) is 6.44. The number of halogens is 1. The zero-order valence-electron chi connectivity index (χ0n) is 12.9. The number of benzene rings is 1. The summed E-state index contributed by atoms with van der Waals surface area (Å²) in [5.74, 6) is 1.67. The lowest BCUT2D eigenvalue weighted by Gasteiger charge is -2.22. The molecule has 3 rings (SSSR count). The summed E-state index contributed by atoms with van der Waals surface area (Å²) in [5, 5.41) is 6.84. The van der Waals surface area contributed by atoms with Crippen LogP contribution in [0.1, 0.15) is 24.8 Å². The van der Waals surface area contributed by atoms with Gasteiger partial charge in [0, 0.05) is 13.6 Å². The van der Waals surface area contributed by atoms with Gasteiger partial charge in [-0.15, -0.1) is 0 Å². The van der Waals surface area contributed by atoms with E-state index in [-0.39, 0.29) is 0 Å². The molecule has 2 fully saturated rings. The Kier molecular flexibility index (Phi) is 4.88. The molecule has 2 saturated heterocycles. The molecule has 0 aliphatic carbocycles. The first-order valence-electron chi connectivity index (χ1n) is 7.64. The van der Waals surface area contributed by atoms with E-state index >= 15 is 0 Å². The van der Waals surface area contributed by atoms with Gasteiger partial charge in [-0.25, -0.2) is 0 Å². The third-order valence-corrected chi connectivity index (χ3v) is 4.95. The molecule has 3 unspecified atom stereocenters. The molecule has 2 heterocycles. The van der Waals surface area contributed by atoms with Crippen LogP contribution in [0.25, 0.3) is 0 Å². The molecule has 0 spiro atoms. The van der Waals surface area contributed by atoms with Gasteiger partial charge in [-0.05, 0) is 52.9 Å². The zero-order valence-corrected chi connectivity index (χ0v) is 14.5. The van der Waals surface area contributed by atoms with E-state index in [1.165, 1.54) is 12.0 Å². The van der Waals surface area contributed by atoms with E-state index in [2.05, 4.69) is 37.6 Å². The van der Waals surface area contributed by atoms with Crippen molar-refractivity contribution < 1.29 is 9.47 Å². The maximum atomic E-state index is 5.87. The van der Waals surface area contributed by atoms with Gasteiger partial charge in [0.2, 0.25) is 0 Å². The largest absolute Gasteiger partial charge is 0.496 e. The van der Waals surface area contributed by atoms with Crippen LogP contribution in [-0.2, 0) is 11.3 Å². The molecule has 2 aliphatic rings. The van der Waals surface area contributed by atoms with Crippen LogP contribution in [0, 0.1) is 0 Å². The van der Waals surface area contributed by atoms with E-state index in [0.29, 0.717) is 24.8 Å². The number of methoxy groups -OCH3 is 1. The summed E-state index contributed by atoms with van der Waals surface area (Å²) in [6.07, 6.45) is 4.23. The second kappa shape index (κ2) is 6.87. The first kappa shape index (κ1) is 15.6. The summed E-state index contributed by atoms with van der Waals surface area (Å²) < 4.78 is 12.1. The van der Waals surface area contributed by atoms with Crippen LogP contribution in [0.4, 0.5) is 0 Å². The van der Waals surface area contributed by atoms with Crippen molar-refractivity contribution in [3.63, 3.8) is 0 Å². The van der Waals surface area contributed by atoms with Gasteiger partial charge in [0.1, 0.15) is 5.75 Å². The maximum absolute atomic E-state index is 5.87. The van der Waals surface area contributed by atoms with E-state index in [1.54, 1.807) is 14.2 Å². The van der Waals surface area contributed by atoms with Crippen molar-refractivity contribution in [2.75, 3.05) is 14.2 Å². The lowest BCUT2D eigenvalue weighted by Crippen LogP contribution is -2.47. The van der Waals surface area contributed by atoms with Crippen molar-refractivity contribution >= 4 is 21.9 Å². The maximum Gasteiger partial charge on any atom is 0.191 e. The number of hydrogen-bond acceptors (Lipinski definition) is 3. The van der Waals surface area contributed by atoms with E-state index in [0.717, 1.165) is 29.0 Å². The Labute approximate surface area is 139 Å². The van der Waals surface area contributed by atoms with Crippen LogP contribution in [0.2, 0.25) is 0 Å². The summed E-state index contributed by atoms with van der Waals surface area (Å²) in [7, 11) is 3.47. The molecule has 2 aliphatic heterocycles. The molecule has 3 atom stereocenters. The second-order valence-electron chi connectivity index (χ2n) is 5.76. The molecule has 0 saturated carbocycles. The first-order valence-corrected chi connectivity index (χ1v) is 8.44. The second-order valence-corrected chi connectivity index (χ2v) is 6.61. The monoisotopic (exact) mass is 367 g/mol. The summed E-state index contributed by atoms with van der Waals surface area (Å²) in [5.41, 5.74) is 1.17. The van der Waals surface area contributed by atoms with Crippen LogP contribution in [-0.4, -0.2) is 38.4 Å². The van der Waals surface area contributed by atoms with Crippen molar-refractivity contribution in [2.45, 2.75) is 44.1 Å². The van der Waals surface area contributed by atoms with Crippen molar-refractivity contribution in [2.24, 2.45) is 4.99 Å². The van der Waals surface area contributed by atoms with Crippen LogP contribution < -0.4 is 15.4 Å². The molecule has 2 bridgehead atoms. The summed E-state index contributed by atoms with van der Waals surface area (Å²) >= 11 is 3.51. The number of aliphatic imine (C=N–C) groups is 1. The summed E-state index contributed by atoms with van der Waals surface area (Å²) in [4.78, 5) is 4.31. The van der Waals surface area contributed by atoms with Crippen LogP contribution >= 0.6 is 15.9 Å².